The van der Waals surface area contributed by atoms with E-state index in [1.807, 2.05) is 24.3 Å². The number of alkyl halides is 2. The Morgan fingerprint density at radius 2 is 1.73 bits per heavy atom. The van der Waals surface area contributed by atoms with Crippen molar-refractivity contribution >= 4 is 0 Å². The molecule has 1 aliphatic rings. The second kappa shape index (κ2) is 8.94. The Kier molecular flexibility index (Phi) is 6.39. The van der Waals surface area contributed by atoms with E-state index in [-0.39, 0.29) is 0 Å². The second-order valence-corrected chi connectivity index (χ2v) is 6.57. The van der Waals surface area contributed by atoms with Crippen LogP contribution < -0.4 is 10.3 Å². The number of likely N-dealkylation sites (tertiary alicyclic amines) is 1. The van der Waals surface area contributed by atoms with Gasteiger partial charge < -0.3 is 9.64 Å². The van der Waals surface area contributed by atoms with Crippen molar-refractivity contribution in [3.8, 4) is 16.9 Å². The lowest BCUT2D eigenvalue weighted by molar-refractivity contribution is 0.0664. The highest BCUT2D eigenvalue weighted by Crippen LogP contribution is 2.22. The van der Waals surface area contributed by atoms with Crippen molar-refractivity contribution in [3.63, 3.8) is 0 Å². The molecule has 0 unspecified atom stereocenters. The van der Waals surface area contributed by atoms with E-state index in [9.17, 15) is 13.6 Å². The van der Waals surface area contributed by atoms with Gasteiger partial charge in [-0.15, -0.1) is 0 Å². The Hall–Kier alpha value is -2.21. The summed E-state index contributed by atoms with van der Waals surface area (Å²) in [5, 5.41) is 0. The number of hydrogen-bond donors (Lipinski definition) is 0. The number of pyridine rings is 1. The van der Waals surface area contributed by atoms with Crippen LogP contribution >= 0.6 is 0 Å². The molecule has 0 spiro atoms. The number of ether oxygens (including phenoxy) is 1. The van der Waals surface area contributed by atoms with Crippen LogP contribution in [0.15, 0.2) is 47.4 Å². The minimum atomic E-state index is -2.82. The molecule has 1 saturated heterocycles. The summed E-state index contributed by atoms with van der Waals surface area (Å²) in [4.78, 5) is 14.2. The fourth-order valence-corrected chi connectivity index (χ4v) is 3.24. The van der Waals surface area contributed by atoms with Crippen LogP contribution in [0.2, 0.25) is 0 Å². The van der Waals surface area contributed by atoms with Gasteiger partial charge in [0.15, 0.2) is 0 Å². The minimum Gasteiger partial charge on any atom is -0.494 e. The van der Waals surface area contributed by atoms with E-state index in [1.165, 1.54) is 44.5 Å². The van der Waals surface area contributed by atoms with Crippen molar-refractivity contribution in [1.29, 1.82) is 0 Å². The molecule has 1 aromatic carbocycles. The Balaban J connectivity index is 1.51. The number of aromatic nitrogens is 1. The van der Waals surface area contributed by atoms with E-state index in [0.717, 1.165) is 30.5 Å². The average molecular weight is 362 g/mol. The molecule has 0 atom stereocenters. The van der Waals surface area contributed by atoms with E-state index in [0.29, 0.717) is 16.7 Å². The van der Waals surface area contributed by atoms with Gasteiger partial charge in [-0.1, -0.05) is 18.6 Å². The molecule has 0 aliphatic carbocycles. The van der Waals surface area contributed by atoms with Gasteiger partial charge in [0.05, 0.1) is 6.61 Å². The number of halogens is 2. The molecular weight excluding hydrogens is 338 g/mol. The quantitative estimate of drug-likeness (QED) is 0.694. The molecule has 140 valence electrons. The van der Waals surface area contributed by atoms with Crippen molar-refractivity contribution < 1.29 is 13.5 Å². The fourth-order valence-electron chi connectivity index (χ4n) is 3.24. The van der Waals surface area contributed by atoms with Gasteiger partial charge in [-0.05, 0) is 61.7 Å². The molecule has 6 heteroatoms. The molecule has 4 nitrogen and oxygen atoms in total. The monoisotopic (exact) mass is 362 g/mol. The molecule has 2 heterocycles. The molecule has 1 aliphatic heterocycles. The number of nitrogens with zero attached hydrogens (tertiary/aromatic N) is 2. The van der Waals surface area contributed by atoms with Gasteiger partial charge >= 0.3 is 6.55 Å². The standard InChI is InChI=1S/C20H24F2N2O2/c21-20(22)24-13-9-17(15-19(24)25)16-5-7-18(8-6-16)26-14-4-12-23-10-2-1-3-11-23/h5-9,13,15,20H,1-4,10-12,14H2. The molecule has 1 aromatic heterocycles. The van der Waals surface area contributed by atoms with Gasteiger partial charge in [-0.2, -0.15) is 8.78 Å². The lowest BCUT2D eigenvalue weighted by Gasteiger charge is -2.26. The first-order valence-electron chi connectivity index (χ1n) is 9.09. The molecule has 0 N–H and O–H groups in total. The normalized spacial score (nSPS) is 15.3. The van der Waals surface area contributed by atoms with Crippen LogP contribution in [-0.4, -0.2) is 35.7 Å². The summed E-state index contributed by atoms with van der Waals surface area (Å²) in [5.41, 5.74) is 0.697. The zero-order valence-corrected chi connectivity index (χ0v) is 14.7. The molecule has 1 fully saturated rings. The predicted octanol–water partition coefficient (Wildman–Crippen LogP) is 4.17. The highest BCUT2D eigenvalue weighted by Gasteiger charge is 2.10. The first kappa shape index (κ1) is 18.6. The predicted molar refractivity (Wildman–Crippen MR) is 97.8 cm³/mol. The van der Waals surface area contributed by atoms with E-state index in [2.05, 4.69) is 4.90 Å². The van der Waals surface area contributed by atoms with Crippen LogP contribution in [0.5, 0.6) is 5.75 Å². The van der Waals surface area contributed by atoms with E-state index >= 15 is 0 Å². The molecule has 0 amide bonds. The summed E-state index contributed by atoms with van der Waals surface area (Å²) >= 11 is 0. The summed E-state index contributed by atoms with van der Waals surface area (Å²) in [6.07, 6.45) is 6.05. The fraction of sp³-hybridized carbons (Fsp3) is 0.450. The van der Waals surface area contributed by atoms with Crippen molar-refractivity contribution in [2.45, 2.75) is 32.2 Å². The van der Waals surface area contributed by atoms with Crippen molar-refractivity contribution in [2.75, 3.05) is 26.2 Å². The average Bonchev–Trinajstić information content (AvgIpc) is 2.66. The maximum atomic E-state index is 12.6. The van der Waals surface area contributed by atoms with Gasteiger partial charge in [-0.25, -0.2) is 0 Å². The highest BCUT2D eigenvalue weighted by molar-refractivity contribution is 5.63. The van der Waals surface area contributed by atoms with Crippen molar-refractivity contribution in [1.82, 2.24) is 9.47 Å². The molecule has 0 bridgehead atoms. The Morgan fingerprint density at radius 3 is 2.38 bits per heavy atom. The van der Waals surface area contributed by atoms with Gasteiger partial charge in [0, 0.05) is 18.8 Å². The Bertz CT molecular complexity index is 753. The summed E-state index contributed by atoms with van der Waals surface area (Å²) in [5.74, 6) is 0.772. The SMILES string of the molecule is O=c1cc(-c2ccc(OCCCN3CCCCC3)cc2)ccn1C(F)F. The Labute approximate surface area is 152 Å². The molecule has 0 saturated carbocycles. The van der Waals surface area contributed by atoms with E-state index in [1.54, 1.807) is 0 Å². The number of hydrogen-bond acceptors (Lipinski definition) is 3. The third-order valence-electron chi connectivity index (χ3n) is 4.68. The van der Waals surface area contributed by atoms with Gasteiger partial charge in [0.2, 0.25) is 0 Å². The summed E-state index contributed by atoms with van der Waals surface area (Å²) in [7, 11) is 0. The molecular formula is C20H24F2N2O2. The second-order valence-electron chi connectivity index (χ2n) is 6.57. The van der Waals surface area contributed by atoms with Crippen molar-refractivity contribution in [3.05, 3.63) is 52.9 Å². The van der Waals surface area contributed by atoms with Gasteiger partial charge in [0.1, 0.15) is 5.75 Å². The van der Waals surface area contributed by atoms with Gasteiger partial charge in [-0.3, -0.25) is 9.36 Å². The van der Waals surface area contributed by atoms with Crippen LogP contribution in [0.25, 0.3) is 11.1 Å². The maximum Gasteiger partial charge on any atom is 0.321 e. The lowest BCUT2D eigenvalue weighted by atomic mass is 10.1. The van der Waals surface area contributed by atoms with Gasteiger partial charge in [0.25, 0.3) is 5.56 Å². The number of benzene rings is 1. The zero-order valence-electron chi connectivity index (χ0n) is 14.7. The first-order valence-corrected chi connectivity index (χ1v) is 9.09. The lowest BCUT2D eigenvalue weighted by Crippen LogP contribution is -2.31. The van der Waals surface area contributed by atoms with Crippen LogP contribution in [0, 0.1) is 0 Å². The topological polar surface area (TPSA) is 34.5 Å². The zero-order chi connectivity index (χ0) is 18.4. The van der Waals surface area contributed by atoms with Crippen LogP contribution in [0.4, 0.5) is 8.78 Å². The third-order valence-corrected chi connectivity index (χ3v) is 4.68. The third kappa shape index (κ3) is 4.91. The smallest absolute Gasteiger partial charge is 0.321 e. The maximum absolute atomic E-state index is 12.6. The van der Waals surface area contributed by atoms with Crippen LogP contribution in [0.1, 0.15) is 32.2 Å². The Morgan fingerprint density at radius 1 is 1.00 bits per heavy atom. The number of piperidine rings is 1. The van der Waals surface area contributed by atoms with Crippen LogP contribution in [0.3, 0.4) is 0 Å². The summed E-state index contributed by atoms with van der Waals surface area (Å²) < 4.78 is 31.4. The highest BCUT2D eigenvalue weighted by atomic mass is 19.3. The molecule has 3 rings (SSSR count). The minimum absolute atomic E-state index is 0.406. The molecule has 26 heavy (non-hydrogen) atoms. The van der Waals surface area contributed by atoms with E-state index < -0.39 is 12.1 Å². The largest absolute Gasteiger partial charge is 0.494 e. The molecule has 0 radical (unpaired) electrons. The van der Waals surface area contributed by atoms with E-state index in [4.69, 9.17) is 4.74 Å². The summed E-state index contributed by atoms with van der Waals surface area (Å²) in [6, 6.07) is 10.1. The summed E-state index contributed by atoms with van der Waals surface area (Å²) in [6.45, 7) is 1.30. The number of rotatable bonds is 7. The molecule has 2 aromatic rings. The first-order chi connectivity index (χ1) is 12.6. The van der Waals surface area contributed by atoms with Crippen LogP contribution in [-0.2, 0) is 0 Å². The van der Waals surface area contributed by atoms with Crippen molar-refractivity contribution in [2.24, 2.45) is 0 Å².